The Morgan fingerprint density at radius 1 is 1.00 bits per heavy atom. The summed E-state index contributed by atoms with van der Waals surface area (Å²) in [7, 11) is 0. The fraction of sp³-hybridized carbons (Fsp3) is 0.417. The van der Waals surface area contributed by atoms with Crippen LogP contribution in [0.1, 0.15) is 62.0 Å². The Morgan fingerprint density at radius 2 is 1.69 bits per heavy atom. The smallest absolute Gasteiger partial charge is 0.255 e. The molecule has 2 aromatic rings. The fourth-order valence-corrected chi connectivity index (χ4v) is 3.18. The van der Waals surface area contributed by atoms with Crippen molar-refractivity contribution in [2.75, 3.05) is 13.2 Å². The minimum atomic E-state index is -0.184. The number of carbonyl (C=O) groups is 2. The number of amides is 2. The number of carbonyl (C=O) groups excluding carboxylic acids is 2. The molecule has 2 N–H and O–H groups in total. The molecule has 2 rings (SSSR count). The van der Waals surface area contributed by atoms with E-state index in [1.807, 2.05) is 49.4 Å². The van der Waals surface area contributed by atoms with Crippen LogP contribution in [0.5, 0.6) is 5.75 Å². The van der Waals surface area contributed by atoms with Crippen LogP contribution in [0.3, 0.4) is 0 Å². The van der Waals surface area contributed by atoms with Crippen LogP contribution >= 0.6 is 0 Å². The first-order chi connectivity index (χ1) is 14.0. The second-order valence-corrected chi connectivity index (χ2v) is 7.45. The molecular formula is C24H32N2O3. The molecule has 0 heterocycles. The van der Waals surface area contributed by atoms with Crippen LogP contribution in [0, 0.1) is 5.92 Å². The van der Waals surface area contributed by atoms with E-state index in [-0.39, 0.29) is 17.9 Å². The predicted octanol–water partition coefficient (Wildman–Crippen LogP) is 4.50. The molecule has 2 amide bonds. The zero-order chi connectivity index (χ0) is 21.1. The van der Waals surface area contributed by atoms with E-state index < -0.39 is 0 Å². The zero-order valence-corrected chi connectivity index (χ0v) is 17.6. The minimum absolute atomic E-state index is 0.00321. The topological polar surface area (TPSA) is 67.4 Å². The van der Waals surface area contributed by atoms with Crippen LogP contribution in [0.2, 0.25) is 0 Å². The van der Waals surface area contributed by atoms with Gasteiger partial charge in [0.15, 0.2) is 0 Å². The van der Waals surface area contributed by atoms with Gasteiger partial charge >= 0.3 is 0 Å². The molecule has 0 bridgehead atoms. The van der Waals surface area contributed by atoms with Gasteiger partial charge < -0.3 is 15.4 Å². The number of hydrogen-bond acceptors (Lipinski definition) is 3. The lowest BCUT2D eigenvalue weighted by Gasteiger charge is -2.21. The van der Waals surface area contributed by atoms with Crippen LogP contribution in [0.4, 0.5) is 0 Å². The summed E-state index contributed by atoms with van der Waals surface area (Å²) in [4.78, 5) is 24.8. The monoisotopic (exact) mass is 396 g/mol. The Kier molecular flexibility index (Phi) is 9.22. The number of rotatable bonds is 11. The number of ether oxygens (including phenoxy) is 1. The molecule has 0 saturated carbocycles. The second-order valence-electron chi connectivity index (χ2n) is 7.45. The van der Waals surface area contributed by atoms with Crippen molar-refractivity contribution < 1.29 is 14.3 Å². The Balaban J connectivity index is 1.81. The highest BCUT2D eigenvalue weighted by molar-refractivity contribution is 5.96. The van der Waals surface area contributed by atoms with Crippen LogP contribution in [-0.4, -0.2) is 25.0 Å². The number of para-hydroxylation sites is 1. The molecule has 1 unspecified atom stereocenters. The summed E-state index contributed by atoms with van der Waals surface area (Å²) in [6.45, 7) is 7.13. The maximum atomic E-state index is 12.4. The molecule has 2 aromatic carbocycles. The van der Waals surface area contributed by atoms with Gasteiger partial charge in [0, 0.05) is 13.0 Å². The summed E-state index contributed by atoms with van der Waals surface area (Å²) in [5.74, 6) is 0.870. The average Bonchev–Trinajstić information content (AvgIpc) is 2.71. The van der Waals surface area contributed by atoms with E-state index in [2.05, 4.69) is 24.5 Å². The molecule has 0 fully saturated rings. The SMILES string of the molecule is CCOc1ccccc1C(=O)NCCCC(=O)NC(CC(C)C)c1ccccc1. The van der Waals surface area contributed by atoms with E-state index in [4.69, 9.17) is 4.74 Å². The summed E-state index contributed by atoms with van der Waals surface area (Å²) in [6.07, 6.45) is 1.84. The third-order valence-corrected chi connectivity index (χ3v) is 4.54. The molecule has 0 aliphatic heterocycles. The van der Waals surface area contributed by atoms with E-state index in [1.54, 1.807) is 12.1 Å². The van der Waals surface area contributed by atoms with Crippen molar-refractivity contribution in [2.45, 2.75) is 46.1 Å². The van der Waals surface area contributed by atoms with Crippen molar-refractivity contribution in [3.63, 3.8) is 0 Å². The highest BCUT2D eigenvalue weighted by atomic mass is 16.5. The Hall–Kier alpha value is -2.82. The zero-order valence-electron chi connectivity index (χ0n) is 17.6. The van der Waals surface area contributed by atoms with Gasteiger partial charge in [0.2, 0.25) is 5.91 Å². The average molecular weight is 397 g/mol. The van der Waals surface area contributed by atoms with Crippen molar-refractivity contribution in [2.24, 2.45) is 5.92 Å². The lowest BCUT2D eigenvalue weighted by Crippen LogP contribution is -2.31. The van der Waals surface area contributed by atoms with Crippen molar-refractivity contribution >= 4 is 11.8 Å². The quantitative estimate of drug-likeness (QED) is 0.550. The molecule has 1 atom stereocenters. The predicted molar refractivity (Wildman–Crippen MR) is 116 cm³/mol. The van der Waals surface area contributed by atoms with Gasteiger partial charge in [-0.15, -0.1) is 0 Å². The summed E-state index contributed by atoms with van der Waals surface area (Å²) in [5, 5.41) is 6.01. The second kappa shape index (κ2) is 11.9. The fourth-order valence-electron chi connectivity index (χ4n) is 3.18. The largest absolute Gasteiger partial charge is 0.493 e. The van der Waals surface area contributed by atoms with Crippen molar-refractivity contribution in [1.82, 2.24) is 10.6 Å². The van der Waals surface area contributed by atoms with Crippen molar-refractivity contribution in [3.05, 3.63) is 65.7 Å². The van der Waals surface area contributed by atoms with E-state index >= 15 is 0 Å². The van der Waals surface area contributed by atoms with Crippen LogP contribution in [-0.2, 0) is 4.79 Å². The molecule has 0 radical (unpaired) electrons. The molecule has 0 aliphatic rings. The van der Waals surface area contributed by atoms with Gasteiger partial charge in [-0.05, 0) is 43.4 Å². The third-order valence-electron chi connectivity index (χ3n) is 4.54. The molecule has 156 valence electrons. The van der Waals surface area contributed by atoms with Crippen LogP contribution in [0.25, 0.3) is 0 Å². The standard InChI is InChI=1S/C24H32N2O3/c1-4-29-22-14-9-8-13-20(22)24(28)25-16-10-15-23(27)26-21(17-18(2)3)19-11-6-5-7-12-19/h5-9,11-14,18,21H,4,10,15-17H2,1-3H3,(H,25,28)(H,26,27). The molecule has 5 nitrogen and oxygen atoms in total. The summed E-state index contributed by atoms with van der Waals surface area (Å²) in [5.41, 5.74) is 1.63. The Morgan fingerprint density at radius 3 is 2.38 bits per heavy atom. The molecule has 29 heavy (non-hydrogen) atoms. The van der Waals surface area contributed by atoms with Gasteiger partial charge in [0.1, 0.15) is 5.75 Å². The number of nitrogens with one attached hydrogen (secondary N) is 2. The van der Waals surface area contributed by atoms with Crippen molar-refractivity contribution in [1.29, 1.82) is 0 Å². The molecule has 0 aliphatic carbocycles. The highest BCUT2D eigenvalue weighted by Gasteiger charge is 2.16. The Labute approximate surface area is 173 Å². The Bertz CT molecular complexity index is 775. The van der Waals surface area contributed by atoms with Gasteiger partial charge in [-0.3, -0.25) is 9.59 Å². The number of benzene rings is 2. The van der Waals surface area contributed by atoms with E-state index in [9.17, 15) is 9.59 Å². The van der Waals surface area contributed by atoms with E-state index in [0.717, 1.165) is 12.0 Å². The minimum Gasteiger partial charge on any atom is -0.493 e. The van der Waals surface area contributed by atoms with Crippen LogP contribution in [0.15, 0.2) is 54.6 Å². The summed E-state index contributed by atoms with van der Waals surface area (Å²) >= 11 is 0. The van der Waals surface area contributed by atoms with E-state index in [0.29, 0.717) is 43.2 Å². The van der Waals surface area contributed by atoms with Gasteiger partial charge in [-0.1, -0.05) is 56.3 Å². The highest BCUT2D eigenvalue weighted by Crippen LogP contribution is 2.21. The van der Waals surface area contributed by atoms with Gasteiger partial charge in [-0.25, -0.2) is 0 Å². The molecule has 0 aromatic heterocycles. The lowest BCUT2D eigenvalue weighted by atomic mass is 9.97. The molecule has 0 saturated heterocycles. The lowest BCUT2D eigenvalue weighted by molar-refractivity contribution is -0.122. The van der Waals surface area contributed by atoms with Gasteiger partial charge in [-0.2, -0.15) is 0 Å². The van der Waals surface area contributed by atoms with E-state index in [1.165, 1.54) is 0 Å². The number of hydrogen-bond donors (Lipinski definition) is 2. The molecular weight excluding hydrogens is 364 g/mol. The maximum Gasteiger partial charge on any atom is 0.255 e. The summed E-state index contributed by atoms with van der Waals surface area (Å²) in [6, 6.07) is 17.2. The first-order valence-electron chi connectivity index (χ1n) is 10.4. The maximum absolute atomic E-state index is 12.4. The summed E-state index contributed by atoms with van der Waals surface area (Å²) < 4.78 is 5.50. The third kappa shape index (κ3) is 7.60. The first kappa shape index (κ1) is 22.5. The van der Waals surface area contributed by atoms with Gasteiger partial charge in [0.25, 0.3) is 5.91 Å². The van der Waals surface area contributed by atoms with Crippen LogP contribution < -0.4 is 15.4 Å². The normalized spacial score (nSPS) is 11.7. The van der Waals surface area contributed by atoms with Gasteiger partial charge in [0.05, 0.1) is 18.2 Å². The van der Waals surface area contributed by atoms with Crippen molar-refractivity contribution in [3.8, 4) is 5.75 Å². The molecule has 5 heteroatoms. The first-order valence-corrected chi connectivity index (χ1v) is 10.4. The molecule has 0 spiro atoms.